The minimum Gasteiger partial charge on any atom is -0.492 e. The summed E-state index contributed by atoms with van der Waals surface area (Å²) in [5, 5.41) is 2.88. The number of carbonyl (C=O) groups excluding carboxylic acids is 2. The summed E-state index contributed by atoms with van der Waals surface area (Å²) in [5.74, 6) is 1.37. The van der Waals surface area contributed by atoms with E-state index in [4.69, 9.17) is 32.7 Å². The minimum absolute atomic E-state index is 0.0813. The van der Waals surface area contributed by atoms with E-state index in [1.165, 1.54) is 7.41 Å². The summed E-state index contributed by atoms with van der Waals surface area (Å²) in [6.07, 6.45) is 0.711. The number of rotatable bonds is 13. The summed E-state index contributed by atoms with van der Waals surface area (Å²) < 4.78 is 11.3. The van der Waals surface area contributed by atoms with Crippen molar-refractivity contribution in [1.29, 1.82) is 0 Å². The third kappa shape index (κ3) is 10.2. The first kappa shape index (κ1) is 25.6. The van der Waals surface area contributed by atoms with Gasteiger partial charge in [-0.05, 0) is 51.5 Å². The quantitative estimate of drug-likeness (QED) is 0.218. The molecule has 0 unspecified atom stereocenters. The van der Waals surface area contributed by atoms with Gasteiger partial charge in [-0.3, -0.25) is 4.79 Å². The highest BCUT2D eigenvalue weighted by Gasteiger charge is 2.21. The third-order valence-electron chi connectivity index (χ3n) is 3.91. The fraction of sp³-hybridized carbons (Fsp3) is 0.600. The average Bonchev–Trinajstić information content (AvgIpc) is 2.63. The number of benzene rings is 1. The van der Waals surface area contributed by atoms with Crippen LogP contribution < -0.4 is 14.9 Å². The van der Waals surface area contributed by atoms with E-state index < -0.39 is 11.6 Å². The van der Waals surface area contributed by atoms with Gasteiger partial charge in [-0.2, -0.15) is 0 Å². The molecule has 0 aliphatic rings. The van der Waals surface area contributed by atoms with Crippen molar-refractivity contribution in [3.05, 3.63) is 23.8 Å². The monoisotopic (exact) mass is 443 g/mol. The number of carbonyl (C=O) groups is 2. The van der Waals surface area contributed by atoms with Gasteiger partial charge in [-0.15, -0.1) is 23.2 Å². The molecule has 0 aliphatic heterocycles. The largest absolute Gasteiger partial charge is 0.492 e. The lowest BCUT2D eigenvalue weighted by Gasteiger charge is -2.25. The molecule has 9 heteroatoms. The van der Waals surface area contributed by atoms with Gasteiger partial charge in [0.05, 0.1) is 12.6 Å². The second kappa shape index (κ2) is 13.0. The maximum atomic E-state index is 12.1. The molecule has 0 spiro atoms. The van der Waals surface area contributed by atoms with E-state index in [1.807, 2.05) is 45.9 Å². The van der Waals surface area contributed by atoms with Gasteiger partial charge in [0.1, 0.15) is 18.0 Å². The fourth-order valence-electron chi connectivity index (χ4n) is 2.68. The van der Waals surface area contributed by atoms with E-state index in [9.17, 15) is 9.59 Å². The molecular formula is C20H30BCl2N2O4. The molecule has 1 N–H and O–H groups in total. The summed E-state index contributed by atoms with van der Waals surface area (Å²) in [6.45, 7) is 9.00. The molecule has 0 saturated carbocycles. The number of ether oxygens (including phenoxy) is 2. The first-order chi connectivity index (χ1) is 13.7. The number of halogens is 2. The first-order valence-electron chi connectivity index (χ1n) is 9.55. The van der Waals surface area contributed by atoms with Crippen molar-refractivity contribution in [2.45, 2.75) is 45.8 Å². The van der Waals surface area contributed by atoms with E-state index in [0.717, 1.165) is 11.3 Å². The molecule has 29 heavy (non-hydrogen) atoms. The zero-order valence-corrected chi connectivity index (χ0v) is 19.1. The SMILES string of the molecule is Cc1cc(N(CCCl)CCCl)ccc1OC[C@@H](CC(=O)OC(C)(C)C)N[B]C=O. The topological polar surface area (TPSA) is 67.9 Å². The van der Waals surface area contributed by atoms with Crippen LogP contribution in [0.4, 0.5) is 5.69 Å². The molecule has 0 bridgehead atoms. The molecule has 0 aliphatic carbocycles. The van der Waals surface area contributed by atoms with Crippen molar-refractivity contribution in [2.24, 2.45) is 0 Å². The van der Waals surface area contributed by atoms with Crippen molar-refractivity contribution < 1.29 is 19.1 Å². The fourth-order valence-corrected chi connectivity index (χ4v) is 3.09. The van der Waals surface area contributed by atoms with Gasteiger partial charge in [-0.25, -0.2) is 0 Å². The van der Waals surface area contributed by atoms with Crippen LogP contribution in [0.5, 0.6) is 5.75 Å². The van der Waals surface area contributed by atoms with E-state index in [-0.39, 0.29) is 19.0 Å². The molecule has 0 saturated heterocycles. The lowest BCUT2D eigenvalue weighted by atomic mass is 9.96. The summed E-state index contributed by atoms with van der Waals surface area (Å²) in [6, 6.07) is 5.46. The maximum Gasteiger partial charge on any atom is 0.307 e. The molecule has 6 nitrogen and oxygen atoms in total. The molecule has 1 aromatic rings. The van der Waals surface area contributed by atoms with E-state index >= 15 is 0 Å². The predicted molar refractivity (Wildman–Crippen MR) is 120 cm³/mol. The molecule has 1 radical (unpaired) electrons. The standard InChI is InChI=1S/C20H30BCl2N2O4/c1-15-11-17(25(9-7-22)10-8-23)5-6-18(15)28-13-16(24-21-14-26)12-19(27)29-20(2,3)4/h5-6,11,14,16,24H,7-10,12-13H2,1-4H3/t16-/m1/s1. The average molecular weight is 444 g/mol. The van der Waals surface area contributed by atoms with Crippen LogP contribution in [0.25, 0.3) is 0 Å². The van der Waals surface area contributed by atoms with Crippen LogP contribution in [0.15, 0.2) is 18.2 Å². The van der Waals surface area contributed by atoms with Gasteiger partial charge in [0.2, 0.25) is 0 Å². The summed E-state index contributed by atoms with van der Waals surface area (Å²) in [4.78, 5) is 24.9. The number of hydrogen-bond donors (Lipinski definition) is 1. The Kier molecular flexibility index (Phi) is 11.5. The zero-order chi connectivity index (χ0) is 21.9. The number of nitrogens with one attached hydrogen (secondary N) is 1. The Morgan fingerprint density at radius 1 is 1.28 bits per heavy atom. The van der Waals surface area contributed by atoms with E-state index in [2.05, 4.69) is 10.1 Å². The van der Waals surface area contributed by atoms with Crippen LogP contribution in [0.3, 0.4) is 0 Å². The molecule has 0 fully saturated rings. The Labute approximate surface area is 184 Å². The smallest absolute Gasteiger partial charge is 0.307 e. The normalized spacial score (nSPS) is 12.2. The second-order valence-corrected chi connectivity index (χ2v) is 8.34. The lowest BCUT2D eigenvalue weighted by molar-refractivity contribution is -0.155. The number of anilines is 1. The molecule has 0 amide bonds. The predicted octanol–water partition coefficient (Wildman–Crippen LogP) is 3.16. The Balaban J connectivity index is 2.77. The van der Waals surface area contributed by atoms with Gasteiger partial charge < -0.3 is 24.4 Å². The van der Waals surface area contributed by atoms with Crippen molar-refractivity contribution in [2.75, 3.05) is 36.4 Å². The van der Waals surface area contributed by atoms with E-state index in [1.54, 1.807) is 0 Å². The molecule has 0 heterocycles. The highest BCUT2D eigenvalue weighted by Crippen LogP contribution is 2.25. The van der Waals surface area contributed by atoms with Gasteiger partial charge in [-0.1, -0.05) is 0 Å². The minimum atomic E-state index is -0.568. The van der Waals surface area contributed by atoms with Crippen LogP contribution in [0.2, 0.25) is 0 Å². The third-order valence-corrected chi connectivity index (χ3v) is 4.24. The van der Waals surface area contributed by atoms with Gasteiger partial charge >= 0.3 is 5.97 Å². The summed E-state index contributed by atoms with van der Waals surface area (Å²) in [5.41, 5.74) is 1.40. The van der Waals surface area contributed by atoms with Crippen molar-refractivity contribution in [3.63, 3.8) is 0 Å². The Morgan fingerprint density at radius 3 is 2.45 bits per heavy atom. The van der Waals surface area contributed by atoms with Crippen LogP contribution in [0, 0.1) is 6.92 Å². The van der Waals surface area contributed by atoms with E-state index in [0.29, 0.717) is 36.8 Å². The first-order valence-corrected chi connectivity index (χ1v) is 10.6. The molecular weight excluding hydrogens is 414 g/mol. The molecule has 0 aromatic heterocycles. The number of alkyl halides is 2. The van der Waals surface area contributed by atoms with Gasteiger partial charge in [0.15, 0.2) is 0 Å². The lowest BCUT2D eigenvalue weighted by Crippen LogP contribution is -2.41. The highest BCUT2D eigenvalue weighted by molar-refractivity contribution is 6.64. The Morgan fingerprint density at radius 2 is 1.93 bits per heavy atom. The number of nitrogens with zero attached hydrogens (tertiary/aromatic N) is 1. The Bertz CT molecular complexity index is 650. The number of esters is 1. The zero-order valence-electron chi connectivity index (χ0n) is 17.5. The van der Waals surface area contributed by atoms with Crippen molar-refractivity contribution in [3.8, 4) is 5.75 Å². The van der Waals surface area contributed by atoms with Crippen LogP contribution in [-0.4, -0.2) is 62.7 Å². The Hall–Kier alpha value is -1.44. The van der Waals surface area contributed by atoms with Gasteiger partial charge in [0.25, 0.3) is 7.41 Å². The second-order valence-electron chi connectivity index (χ2n) is 7.58. The van der Waals surface area contributed by atoms with Crippen LogP contribution in [-0.2, 0) is 14.3 Å². The van der Waals surface area contributed by atoms with Gasteiger partial charge in [0, 0.05) is 36.6 Å². The number of aryl methyl sites for hydroxylation is 1. The van der Waals surface area contributed by atoms with Crippen LogP contribution in [0.1, 0.15) is 32.8 Å². The highest BCUT2D eigenvalue weighted by atomic mass is 35.5. The summed E-state index contributed by atoms with van der Waals surface area (Å²) in [7, 11) is 1.25. The number of hydrogen-bond acceptors (Lipinski definition) is 6. The van der Waals surface area contributed by atoms with Crippen LogP contribution >= 0.6 is 23.2 Å². The van der Waals surface area contributed by atoms with Crippen molar-refractivity contribution in [1.82, 2.24) is 5.23 Å². The summed E-state index contributed by atoms with van der Waals surface area (Å²) >= 11 is 11.8. The molecule has 1 atom stereocenters. The maximum absolute atomic E-state index is 12.1. The molecule has 1 aromatic carbocycles. The molecule has 1 rings (SSSR count). The van der Waals surface area contributed by atoms with Crippen molar-refractivity contribution >= 4 is 48.5 Å². The molecule has 161 valence electrons.